The Hall–Kier alpha value is -3.41. The first-order valence-electron chi connectivity index (χ1n) is 8.45. The average Bonchev–Trinajstić information content (AvgIpc) is 3.20. The van der Waals surface area contributed by atoms with Gasteiger partial charge in [0.15, 0.2) is 34.4 Å². The zero-order valence-electron chi connectivity index (χ0n) is 15.6. The van der Waals surface area contributed by atoms with Crippen LogP contribution in [0.3, 0.4) is 0 Å². The van der Waals surface area contributed by atoms with Gasteiger partial charge in [0.25, 0.3) is 5.91 Å². The molecule has 0 bridgehead atoms. The van der Waals surface area contributed by atoms with Crippen molar-refractivity contribution in [3.63, 3.8) is 0 Å². The summed E-state index contributed by atoms with van der Waals surface area (Å²) in [5.41, 5.74) is -0.588. The van der Waals surface area contributed by atoms with Gasteiger partial charge in [-0.2, -0.15) is 0 Å². The highest BCUT2D eigenvalue weighted by Gasteiger charge is 2.22. The van der Waals surface area contributed by atoms with Crippen molar-refractivity contribution in [1.82, 2.24) is 10.3 Å². The van der Waals surface area contributed by atoms with Crippen LogP contribution < -0.4 is 16.0 Å². The molecule has 0 unspecified atom stereocenters. The Balaban J connectivity index is 1.83. The van der Waals surface area contributed by atoms with E-state index < -0.39 is 53.6 Å². The van der Waals surface area contributed by atoms with E-state index in [2.05, 4.69) is 22.2 Å². The molecule has 1 aromatic heterocycles. The number of benzene rings is 1. The zero-order valence-corrected chi connectivity index (χ0v) is 16.4. The number of anilines is 2. The summed E-state index contributed by atoms with van der Waals surface area (Å²) in [4.78, 5) is 39.8. The predicted octanol–water partition coefficient (Wildman–Crippen LogP) is 2.46. The van der Waals surface area contributed by atoms with Gasteiger partial charge in [-0.1, -0.05) is 6.08 Å². The lowest BCUT2D eigenvalue weighted by atomic mass is 10.2. The molecule has 3 N–H and O–H groups in total. The maximum Gasteiger partial charge on any atom is 0.358 e. The van der Waals surface area contributed by atoms with Gasteiger partial charge < -0.3 is 20.7 Å². The Labute approximate surface area is 173 Å². The van der Waals surface area contributed by atoms with E-state index in [9.17, 15) is 27.6 Å². The topological polar surface area (TPSA) is 109 Å². The van der Waals surface area contributed by atoms with Gasteiger partial charge in [-0.25, -0.2) is 22.9 Å². The Morgan fingerprint density at radius 2 is 2.00 bits per heavy atom. The summed E-state index contributed by atoms with van der Waals surface area (Å²) < 4.78 is 44.6. The molecular weight excluding hydrogens is 425 g/mol. The van der Waals surface area contributed by atoms with Crippen molar-refractivity contribution in [3.8, 4) is 0 Å². The summed E-state index contributed by atoms with van der Waals surface area (Å²) in [5, 5.41) is 8.99. The van der Waals surface area contributed by atoms with E-state index in [1.54, 1.807) is 6.08 Å². The van der Waals surface area contributed by atoms with Crippen molar-refractivity contribution in [2.45, 2.75) is 13.0 Å². The molecule has 1 aromatic carbocycles. The molecule has 0 aliphatic heterocycles. The lowest BCUT2D eigenvalue weighted by Gasteiger charge is -2.13. The molecule has 12 heteroatoms. The van der Waals surface area contributed by atoms with Crippen molar-refractivity contribution in [1.29, 1.82) is 0 Å². The minimum Gasteiger partial charge on any atom is -0.448 e. The lowest BCUT2D eigenvalue weighted by Crippen LogP contribution is -2.40. The van der Waals surface area contributed by atoms with Crippen LogP contribution in [0.5, 0.6) is 0 Å². The molecule has 0 saturated heterocycles. The summed E-state index contributed by atoms with van der Waals surface area (Å²) in [6.45, 7) is 4.66. The largest absolute Gasteiger partial charge is 0.448 e. The Bertz CT molecular complexity index is 967. The van der Waals surface area contributed by atoms with E-state index in [4.69, 9.17) is 4.74 Å². The first-order valence-corrected chi connectivity index (χ1v) is 9.33. The summed E-state index contributed by atoms with van der Waals surface area (Å²) in [6.07, 6.45) is 0.361. The van der Waals surface area contributed by atoms with E-state index in [-0.39, 0.29) is 5.69 Å². The quantitative estimate of drug-likeness (QED) is 0.313. The number of ether oxygens (including phenoxy) is 1. The first-order chi connectivity index (χ1) is 14.2. The number of aromatic nitrogens is 1. The predicted molar refractivity (Wildman–Crippen MR) is 104 cm³/mol. The van der Waals surface area contributed by atoms with Crippen LogP contribution in [-0.4, -0.2) is 42.0 Å². The van der Waals surface area contributed by atoms with Gasteiger partial charge in [-0.15, -0.1) is 17.9 Å². The molecule has 1 atom stereocenters. The SMILES string of the molecule is C=CCNc1nc(C(=O)O[C@@H](C)C(=O)NCC(=O)Nc2ccc(F)c(F)c2F)cs1. The Morgan fingerprint density at radius 3 is 2.70 bits per heavy atom. The van der Waals surface area contributed by atoms with Crippen LogP contribution in [0.15, 0.2) is 30.2 Å². The molecule has 0 fully saturated rings. The standard InChI is InChI=1S/C18H17F3N4O4S/c1-3-6-22-18-25-12(8-30-18)17(28)29-9(2)16(27)23-7-13(26)24-11-5-4-10(19)14(20)15(11)21/h3-5,8-9H,1,6-7H2,2H3,(H,22,25)(H,23,27)(H,24,26)/t9-/m0/s1. The van der Waals surface area contributed by atoms with Crippen LogP contribution in [0.2, 0.25) is 0 Å². The van der Waals surface area contributed by atoms with Crippen molar-refractivity contribution >= 4 is 39.9 Å². The van der Waals surface area contributed by atoms with Gasteiger partial charge in [-0.3, -0.25) is 9.59 Å². The molecule has 2 aromatic rings. The molecular formula is C18H17F3N4O4S. The lowest BCUT2D eigenvalue weighted by molar-refractivity contribution is -0.130. The summed E-state index contributed by atoms with van der Waals surface area (Å²) in [7, 11) is 0. The second-order valence-electron chi connectivity index (χ2n) is 5.74. The number of carbonyl (C=O) groups is 3. The smallest absolute Gasteiger partial charge is 0.358 e. The maximum atomic E-state index is 13.5. The van der Waals surface area contributed by atoms with Gasteiger partial charge in [0.2, 0.25) is 5.91 Å². The third kappa shape index (κ3) is 6.04. The fourth-order valence-electron chi connectivity index (χ4n) is 2.01. The van der Waals surface area contributed by atoms with Crippen LogP contribution in [0, 0.1) is 17.5 Å². The normalized spacial score (nSPS) is 11.3. The van der Waals surface area contributed by atoms with Gasteiger partial charge in [0, 0.05) is 11.9 Å². The van der Waals surface area contributed by atoms with Crippen molar-refractivity contribution in [3.05, 3.63) is 53.3 Å². The van der Waals surface area contributed by atoms with Gasteiger partial charge in [0.1, 0.15) is 0 Å². The number of carbonyl (C=O) groups excluding carboxylic acids is 3. The van der Waals surface area contributed by atoms with E-state index in [0.717, 1.165) is 6.07 Å². The molecule has 30 heavy (non-hydrogen) atoms. The summed E-state index contributed by atoms with van der Waals surface area (Å²) in [5.74, 6) is -7.25. The molecule has 0 saturated carbocycles. The van der Waals surface area contributed by atoms with Gasteiger partial charge >= 0.3 is 5.97 Å². The maximum absolute atomic E-state index is 13.5. The zero-order chi connectivity index (χ0) is 22.3. The van der Waals surface area contributed by atoms with E-state index >= 15 is 0 Å². The van der Waals surface area contributed by atoms with Crippen LogP contribution in [-0.2, 0) is 14.3 Å². The molecule has 0 spiro atoms. The highest BCUT2D eigenvalue weighted by Crippen LogP contribution is 2.19. The van der Waals surface area contributed by atoms with Crippen LogP contribution in [0.4, 0.5) is 24.0 Å². The number of halogens is 3. The third-order valence-corrected chi connectivity index (χ3v) is 4.30. The number of nitrogens with one attached hydrogen (secondary N) is 3. The highest BCUT2D eigenvalue weighted by molar-refractivity contribution is 7.13. The van der Waals surface area contributed by atoms with Gasteiger partial charge in [0.05, 0.1) is 12.2 Å². The van der Waals surface area contributed by atoms with E-state index in [1.807, 2.05) is 5.32 Å². The average molecular weight is 442 g/mol. The minimum atomic E-state index is -1.73. The number of rotatable bonds is 9. The summed E-state index contributed by atoms with van der Waals surface area (Å²) >= 11 is 1.17. The number of amides is 2. The van der Waals surface area contributed by atoms with E-state index in [1.165, 1.54) is 23.6 Å². The second-order valence-corrected chi connectivity index (χ2v) is 6.60. The Kier molecular flexibility index (Phi) is 7.92. The number of thiazole rings is 1. The molecule has 1 heterocycles. The molecule has 8 nitrogen and oxygen atoms in total. The van der Waals surface area contributed by atoms with Crippen LogP contribution >= 0.6 is 11.3 Å². The van der Waals surface area contributed by atoms with Gasteiger partial charge in [-0.05, 0) is 19.1 Å². The third-order valence-electron chi connectivity index (χ3n) is 3.50. The highest BCUT2D eigenvalue weighted by atomic mass is 32.1. The number of esters is 1. The summed E-state index contributed by atoms with van der Waals surface area (Å²) in [6, 6.07) is 1.48. The monoisotopic (exact) mass is 442 g/mol. The number of nitrogens with zero attached hydrogens (tertiary/aromatic N) is 1. The first kappa shape index (κ1) is 22.9. The van der Waals surface area contributed by atoms with Crippen molar-refractivity contribution in [2.24, 2.45) is 0 Å². The molecule has 160 valence electrons. The minimum absolute atomic E-state index is 0.00207. The number of hydrogen-bond donors (Lipinski definition) is 3. The molecule has 2 rings (SSSR count). The molecule has 0 radical (unpaired) electrons. The van der Waals surface area contributed by atoms with Crippen LogP contribution in [0.25, 0.3) is 0 Å². The van der Waals surface area contributed by atoms with Crippen molar-refractivity contribution in [2.75, 3.05) is 23.7 Å². The molecule has 0 aliphatic rings. The second kappa shape index (κ2) is 10.4. The fraction of sp³-hybridized carbons (Fsp3) is 0.222. The molecule has 0 aliphatic carbocycles. The Morgan fingerprint density at radius 1 is 1.27 bits per heavy atom. The van der Waals surface area contributed by atoms with E-state index in [0.29, 0.717) is 17.7 Å². The fourth-order valence-corrected chi connectivity index (χ4v) is 2.70. The van der Waals surface area contributed by atoms with Crippen LogP contribution in [0.1, 0.15) is 17.4 Å². The molecule has 2 amide bonds. The van der Waals surface area contributed by atoms with Crippen molar-refractivity contribution < 1.29 is 32.3 Å². The number of hydrogen-bond acceptors (Lipinski definition) is 7.